The number of para-hydroxylation sites is 3. The van der Waals surface area contributed by atoms with Crippen molar-refractivity contribution in [2.75, 3.05) is 0 Å². The maximum absolute atomic E-state index is 15.4. The Bertz CT molecular complexity index is 2210. The first-order chi connectivity index (χ1) is 20.7. The Morgan fingerprint density at radius 3 is 1.93 bits per heavy atom. The molecule has 0 saturated heterocycles. The summed E-state index contributed by atoms with van der Waals surface area (Å²) in [7, 11) is 0. The van der Waals surface area contributed by atoms with Crippen molar-refractivity contribution in [2.24, 2.45) is 0 Å². The molecular weight excluding hydrogens is 526 g/mol. The van der Waals surface area contributed by atoms with Crippen LogP contribution < -0.4 is 0 Å². The molecule has 0 aliphatic heterocycles. The van der Waals surface area contributed by atoms with Crippen LogP contribution in [0.5, 0.6) is 0 Å². The lowest BCUT2D eigenvalue weighted by Gasteiger charge is -2.20. The fourth-order valence-corrected chi connectivity index (χ4v) is 5.90. The van der Waals surface area contributed by atoms with Gasteiger partial charge in [0.1, 0.15) is 28.6 Å². The molecule has 3 nitrogen and oxygen atoms in total. The highest BCUT2D eigenvalue weighted by Crippen LogP contribution is 2.43. The molecular formula is C37H22F2N2O. The molecule has 2 heterocycles. The number of benzene rings is 6. The molecule has 0 radical (unpaired) electrons. The molecule has 0 atom stereocenters. The van der Waals surface area contributed by atoms with Gasteiger partial charge in [0.05, 0.1) is 22.3 Å². The number of furan rings is 1. The van der Waals surface area contributed by atoms with Gasteiger partial charge in [-0.1, -0.05) is 84.9 Å². The summed E-state index contributed by atoms with van der Waals surface area (Å²) >= 11 is 0. The predicted molar refractivity (Wildman–Crippen MR) is 165 cm³/mol. The molecule has 42 heavy (non-hydrogen) atoms. The lowest BCUT2D eigenvalue weighted by atomic mass is 9.95. The van der Waals surface area contributed by atoms with Crippen LogP contribution in [0.4, 0.5) is 8.78 Å². The van der Waals surface area contributed by atoms with Crippen molar-refractivity contribution in [3.05, 3.63) is 145 Å². The molecule has 6 aromatic carbocycles. The summed E-state index contributed by atoms with van der Waals surface area (Å²) in [4.78, 5) is 5.12. The quantitative estimate of drug-likeness (QED) is 0.219. The van der Waals surface area contributed by atoms with Crippen molar-refractivity contribution < 1.29 is 13.2 Å². The van der Waals surface area contributed by atoms with E-state index in [0.29, 0.717) is 17.0 Å². The van der Waals surface area contributed by atoms with E-state index in [2.05, 4.69) is 4.57 Å². The zero-order chi connectivity index (χ0) is 28.2. The van der Waals surface area contributed by atoms with E-state index in [1.165, 1.54) is 12.1 Å². The van der Waals surface area contributed by atoms with E-state index in [0.717, 1.165) is 55.3 Å². The topological polar surface area (TPSA) is 31.0 Å². The lowest BCUT2D eigenvalue weighted by molar-refractivity contribution is 0.618. The van der Waals surface area contributed by atoms with Crippen LogP contribution in [-0.2, 0) is 0 Å². The van der Waals surface area contributed by atoms with Crippen LogP contribution in [0.15, 0.2) is 138 Å². The van der Waals surface area contributed by atoms with Gasteiger partial charge in [-0.25, -0.2) is 13.8 Å². The van der Waals surface area contributed by atoms with Crippen molar-refractivity contribution >= 4 is 33.0 Å². The summed E-state index contributed by atoms with van der Waals surface area (Å²) in [6.45, 7) is 0. The monoisotopic (exact) mass is 548 g/mol. The fraction of sp³-hybridized carbons (Fsp3) is 0. The van der Waals surface area contributed by atoms with Gasteiger partial charge in [-0.2, -0.15) is 0 Å². The number of hydrogen-bond donors (Lipinski definition) is 0. The summed E-state index contributed by atoms with van der Waals surface area (Å²) in [6.07, 6.45) is 0. The smallest absolute Gasteiger partial charge is 0.149 e. The van der Waals surface area contributed by atoms with E-state index < -0.39 is 0 Å². The molecule has 0 saturated carbocycles. The number of nitrogens with zero attached hydrogens (tertiary/aromatic N) is 2. The molecule has 8 rings (SSSR count). The molecule has 0 aliphatic carbocycles. The molecule has 0 aliphatic rings. The first-order valence-electron chi connectivity index (χ1n) is 13.7. The summed E-state index contributed by atoms with van der Waals surface area (Å²) in [6, 6.07) is 41.2. The molecule has 0 N–H and O–H groups in total. The van der Waals surface area contributed by atoms with Gasteiger partial charge in [0, 0.05) is 28.0 Å². The van der Waals surface area contributed by atoms with Gasteiger partial charge in [-0.15, -0.1) is 0 Å². The Morgan fingerprint density at radius 2 is 1.21 bits per heavy atom. The maximum Gasteiger partial charge on any atom is 0.149 e. The number of imidazole rings is 1. The van der Waals surface area contributed by atoms with Gasteiger partial charge in [0.2, 0.25) is 0 Å². The van der Waals surface area contributed by atoms with Crippen LogP contribution in [0.2, 0.25) is 0 Å². The summed E-state index contributed by atoms with van der Waals surface area (Å²) < 4.78 is 38.0. The van der Waals surface area contributed by atoms with E-state index >= 15 is 4.39 Å². The molecule has 5 heteroatoms. The zero-order valence-corrected chi connectivity index (χ0v) is 22.3. The number of hydrogen-bond acceptors (Lipinski definition) is 2. The Balaban J connectivity index is 1.53. The minimum Gasteiger partial charge on any atom is -0.455 e. The second kappa shape index (κ2) is 9.53. The van der Waals surface area contributed by atoms with E-state index in [9.17, 15) is 4.39 Å². The standard InChI is InChI=1S/C37H22F2N2O/c38-25-18-19-27-28-14-9-15-29(36(28)42-34(27)22-25)37-40-32-16-7-8-17-33(32)41(37)35-30(23-10-3-1-4-11-23)20-26(39)21-31(35)24-12-5-2-6-13-24/h1-22H. The highest BCUT2D eigenvalue weighted by molar-refractivity contribution is 6.09. The van der Waals surface area contributed by atoms with Crippen LogP contribution >= 0.6 is 0 Å². The average molecular weight is 549 g/mol. The summed E-state index contributed by atoms with van der Waals surface area (Å²) in [5.74, 6) is -0.0483. The molecule has 0 amide bonds. The Hall–Kier alpha value is -5.55. The molecule has 0 spiro atoms. The van der Waals surface area contributed by atoms with E-state index in [4.69, 9.17) is 9.40 Å². The average Bonchev–Trinajstić information content (AvgIpc) is 3.59. The van der Waals surface area contributed by atoms with E-state index in [1.54, 1.807) is 18.2 Å². The molecule has 0 fully saturated rings. The molecule has 8 aromatic rings. The number of fused-ring (bicyclic) bond motifs is 4. The minimum absolute atomic E-state index is 0.330. The summed E-state index contributed by atoms with van der Waals surface area (Å²) in [5.41, 5.74) is 7.52. The maximum atomic E-state index is 15.4. The minimum atomic E-state index is -0.360. The Labute approximate surface area is 239 Å². The van der Waals surface area contributed by atoms with Gasteiger partial charge in [0.25, 0.3) is 0 Å². The highest BCUT2D eigenvalue weighted by atomic mass is 19.1. The third-order valence-corrected chi connectivity index (χ3v) is 7.73. The molecule has 200 valence electrons. The van der Waals surface area contributed by atoms with E-state index in [-0.39, 0.29) is 11.6 Å². The van der Waals surface area contributed by atoms with Gasteiger partial charge in [-0.05, 0) is 53.6 Å². The van der Waals surface area contributed by atoms with Crippen molar-refractivity contribution in [2.45, 2.75) is 0 Å². The van der Waals surface area contributed by atoms with Crippen molar-refractivity contribution in [1.29, 1.82) is 0 Å². The Kier molecular flexibility index (Phi) is 5.50. The lowest BCUT2D eigenvalue weighted by Crippen LogP contribution is -2.04. The number of halogens is 2. The molecule has 0 bridgehead atoms. The van der Waals surface area contributed by atoms with Crippen molar-refractivity contribution in [3.8, 4) is 39.3 Å². The highest BCUT2D eigenvalue weighted by Gasteiger charge is 2.24. The second-order valence-corrected chi connectivity index (χ2v) is 10.3. The van der Waals surface area contributed by atoms with Crippen molar-refractivity contribution in [3.63, 3.8) is 0 Å². The van der Waals surface area contributed by atoms with E-state index in [1.807, 2.05) is 103 Å². The van der Waals surface area contributed by atoms with Crippen LogP contribution in [0.25, 0.3) is 72.3 Å². The molecule has 2 aromatic heterocycles. The normalized spacial score (nSPS) is 11.6. The van der Waals surface area contributed by atoms with Crippen LogP contribution in [0.1, 0.15) is 0 Å². The van der Waals surface area contributed by atoms with Crippen molar-refractivity contribution in [1.82, 2.24) is 9.55 Å². The second-order valence-electron chi connectivity index (χ2n) is 10.3. The Morgan fingerprint density at radius 1 is 0.548 bits per heavy atom. The number of rotatable bonds is 4. The predicted octanol–water partition coefficient (Wildman–Crippen LogP) is 10.2. The van der Waals surface area contributed by atoms with Gasteiger partial charge >= 0.3 is 0 Å². The van der Waals surface area contributed by atoms with Gasteiger partial charge in [0.15, 0.2) is 0 Å². The van der Waals surface area contributed by atoms with Crippen LogP contribution in [0, 0.1) is 11.6 Å². The van der Waals surface area contributed by atoms with Crippen LogP contribution in [-0.4, -0.2) is 9.55 Å². The third kappa shape index (κ3) is 3.82. The number of aromatic nitrogens is 2. The van der Waals surface area contributed by atoms with Gasteiger partial charge in [-0.3, -0.25) is 4.57 Å². The van der Waals surface area contributed by atoms with Gasteiger partial charge < -0.3 is 4.42 Å². The zero-order valence-electron chi connectivity index (χ0n) is 22.3. The third-order valence-electron chi connectivity index (χ3n) is 7.73. The molecule has 0 unspecified atom stereocenters. The summed E-state index contributed by atoms with van der Waals surface area (Å²) in [5, 5.41) is 1.69. The first kappa shape index (κ1) is 24.3. The fourth-order valence-electron chi connectivity index (χ4n) is 5.90. The van der Waals surface area contributed by atoms with Crippen LogP contribution in [0.3, 0.4) is 0 Å². The first-order valence-corrected chi connectivity index (χ1v) is 13.7. The SMILES string of the molecule is Fc1cc(-c2ccccc2)c(-n2c(-c3cccc4c3oc3cc(F)ccc34)nc3ccccc32)c(-c2ccccc2)c1. The largest absolute Gasteiger partial charge is 0.455 e.